The van der Waals surface area contributed by atoms with E-state index in [2.05, 4.69) is 15.2 Å². The van der Waals surface area contributed by atoms with Crippen LogP contribution in [0, 0.1) is 0 Å². The van der Waals surface area contributed by atoms with E-state index < -0.39 is 0 Å². The molecule has 0 atom stereocenters. The van der Waals surface area contributed by atoms with Gasteiger partial charge in [-0.15, -0.1) is 0 Å². The van der Waals surface area contributed by atoms with E-state index in [4.69, 9.17) is 17.3 Å². The van der Waals surface area contributed by atoms with Crippen molar-refractivity contribution < 1.29 is 0 Å². The van der Waals surface area contributed by atoms with Crippen LogP contribution in [-0.4, -0.2) is 47.6 Å². The molecule has 94 valence electrons. The average molecular weight is 273 g/mol. The Bertz CT molecular complexity index is 368. The molecule has 0 spiro atoms. The topological polar surface area (TPSA) is 54.2 Å². The molecule has 2 heterocycles. The monoisotopic (exact) mass is 272 g/mol. The van der Waals surface area contributed by atoms with Gasteiger partial charge in [0.05, 0.1) is 5.69 Å². The van der Waals surface area contributed by atoms with E-state index in [1.54, 1.807) is 12.1 Å². The standard InChI is InChI=1S/C11H17ClN4S/c12-10-2-1-9(13)11(15-10)14-3-4-16-5-7-17-8-6-16/h1-2H,3-8,13H2,(H,14,15). The summed E-state index contributed by atoms with van der Waals surface area (Å²) in [4.78, 5) is 6.61. The van der Waals surface area contributed by atoms with E-state index in [1.807, 2.05) is 11.8 Å². The van der Waals surface area contributed by atoms with Crippen molar-refractivity contribution in [3.05, 3.63) is 17.3 Å². The number of nitrogen functional groups attached to an aromatic ring is 1. The van der Waals surface area contributed by atoms with E-state index in [9.17, 15) is 0 Å². The van der Waals surface area contributed by atoms with E-state index >= 15 is 0 Å². The van der Waals surface area contributed by atoms with Gasteiger partial charge in [0, 0.05) is 37.7 Å². The van der Waals surface area contributed by atoms with Crippen LogP contribution in [-0.2, 0) is 0 Å². The van der Waals surface area contributed by atoms with Crippen LogP contribution >= 0.6 is 23.4 Å². The molecule has 1 saturated heterocycles. The molecule has 0 saturated carbocycles. The molecular weight excluding hydrogens is 256 g/mol. The number of hydrogen-bond acceptors (Lipinski definition) is 5. The largest absolute Gasteiger partial charge is 0.396 e. The maximum Gasteiger partial charge on any atom is 0.151 e. The van der Waals surface area contributed by atoms with Gasteiger partial charge >= 0.3 is 0 Å². The highest BCUT2D eigenvalue weighted by Gasteiger charge is 2.09. The molecule has 0 unspecified atom stereocenters. The Hall–Kier alpha value is -0.650. The number of anilines is 2. The lowest BCUT2D eigenvalue weighted by atomic mass is 10.4. The molecule has 6 heteroatoms. The zero-order valence-corrected chi connectivity index (χ0v) is 11.2. The van der Waals surface area contributed by atoms with E-state index in [-0.39, 0.29) is 0 Å². The van der Waals surface area contributed by atoms with Crippen LogP contribution in [0.3, 0.4) is 0 Å². The molecule has 1 aliphatic heterocycles. The number of halogens is 1. The fourth-order valence-corrected chi connectivity index (χ4v) is 2.87. The number of rotatable bonds is 4. The highest BCUT2D eigenvalue weighted by atomic mass is 35.5. The molecule has 0 aliphatic carbocycles. The molecule has 3 N–H and O–H groups in total. The Morgan fingerprint density at radius 1 is 1.41 bits per heavy atom. The van der Waals surface area contributed by atoms with Gasteiger partial charge in [-0.05, 0) is 12.1 Å². The van der Waals surface area contributed by atoms with Crippen molar-refractivity contribution in [2.24, 2.45) is 0 Å². The number of nitrogens with two attached hydrogens (primary N) is 1. The molecule has 0 aromatic carbocycles. The number of pyridine rings is 1. The maximum absolute atomic E-state index is 5.82. The lowest BCUT2D eigenvalue weighted by molar-refractivity contribution is 0.314. The van der Waals surface area contributed by atoms with Gasteiger partial charge in [-0.25, -0.2) is 4.98 Å². The molecule has 0 radical (unpaired) electrons. The van der Waals surface area contributed by atoms with Gasteiger partial charge in [-0.3, -0.25) is 4.90 Å². The summed E-state index contributed by atoms with van der Waals surface area (Å²) in [5.74, 6) is 3.15. The molecule has 1 fully saturated rings. The zero-order valence-electron chi connectivity index (χ0n) is 9.66. The van der Waals surface area contributed by atoms with Crippen molar-refractivity contribution in [2.45, 2.75) is 0 Å². The second-order valence-corrected chi connectivity index (χ2v) is 5.56. The molecule has 0 bridgehead atoms. The Kier molecular flexibility index (Phi) is 4.76. The molecule has 0 amide bonds. The molecule has 1 aromatic rings. The van der Waals surface area contributed by atoms with E-state index in [0.717, 1.165) is 13.1 Å². The van der Waals surface area contributed by atoms with Gasteiger partial charge in [0.25, 0.3) is 0 Å². The highest BCUT2D eigenvalue weighted by Crippen LogP contribution is 2.18. The van der Waals surface area contributed by atoms with Crippen LogP contribution in [0.5, 0.6) is 0 Å². The first kappa shape index (κ1) is 12.8. The summed E-state index contributed by atoms with van der Waals surface area (Å²) in [5.41, 5.74) is 6.45. The minimum absolute atomic E-state index is 0.469. The van der Waals surface area contributed by atoms with Crippen molar-refractivity contribution in [1.29, 1.82) is 0 Å². The molecule has 2 rings (SSSR count). The van der Waals surface area contributed by atoms with Gasteiger partial charge < -0.3 is 11.1 Å². The van der Waals surface area contributed by atoms with Gasteiger partial charge in [0.15, 0.2) is 5.82 Å². The number of hydrogen-bond donors (Lipinski definition) is 2. The quantitative estimate of drug-likeness (QED) is 0.819. The second-order valence-electron chi connectivity index (χ2n) is 3.95. The highest BCUT2D eigenvalue weighted by molar-refractivity contribution is 7.99. The minimum atomic E-state index is 0.469. The number of thioether (sulfide) groups is 1. The van der Waals surface area contributed by atoms with Crippen LogP contribution in [0.1, 0.15) is 0 Å². The SMILES string of the molecule is Nc1ccc(Cl)nc1NCCN1CCSCC1. The van der Waals surface area contributed by atoms with Crippen LogP contribution < -0.4 is 11.1 Å². The second kappa shape index (κ2) is 6.33. The lowest BCUT2D eigenvalue weighted by Gasteiger charge is -2.26. The summed E-state index contributed by atoms with van der Waals surface area (Å²) in [6.07, 6.45) is 0. The molecule has 17 heavy (non-hydrogen) atoms. The third-order valence-electron chi connectivity index (χ3n) is 2.72. The molecule has 1 aromatic heterocycles. The fourth-order valence-electron chi connectivity index (χ4n) is 1.74. The summed E-state index contributed by atoms with van der Waals surface area (Å²) in [7, 11) is 0. The van der Waals surface area contributed by atoms with Gasteiger partial charge in [0.2, 0.25) is 0 Å². The predicted molar refractivity (Wildman–Crippen MR) is 75.9 cm³/mol. The first-order chi connectivity index (χ1) is 8.25. The number of nitrogens with one attached hydrogen (secondary N) is 1. The van der Waals surface area contributed by atoms with Crippen LogP contribution in [0.4, 0.5) is 11.5 Å². The smallest absolute Gasteiger partial charge is 0.151 e. The van der Waals surface area contributed by atoms with Gasteiger partial charge in [0.1, 0.15) is 5.15 Å². The molecule has 4 nitrogen and oxygen atoms in total. The van der Waals surface area contributed by atoms with Crippen molar-refractivity contribution >= 4 is 34.9 Å². The lowest BCUT2D eigenvalue weighted by Crippen LogP contribution is -2.36. The van der Waals surface area contributed by atoms with Gasteiger partial charge in [-0.1, -0.05) is 11.6 Å². The first-order valence-corrected chi connectivity index (χ1v) is 7.25. The summed E-state index contributed by atoms with van der Waals surface area (Å²) >= 11 is 7.85. The van der Waals surface area contributed by atoms with Crippen molar-refractivity contribution in [3.63, 3.8) is 0 Å². The summed E-state index contributed by atoms with van der Waals surface area (Å²) < 4.78 is 0. The maximum atomic E-state index is 5.82. The molecule has 1 aliphatic rings. The Balaban J connectivity index is 1.79. The number of nitrogens with zero attached hydrogens (tertiary/aromatic N) is 2. The summed E-state index contributed by atoms with van der Waals surface area (Å²) in [6.45, 7) is 4.21. The summed E-state index contributed by atoms with van der Waals surface area (Å²) in [6, 6.07) is 3.47. The van der Waals surface area contributed by atoms with Crippen LogP contribution in [0.2, 0.25) is 5.15 Å². The van der Waals surface area contributed by atoms with Crippen molar-refractivity contribution in [2.75, 3.05) is 48.7 Å². The minimum Gasteiger partial charge on any atom is -0.396 e. The molecular formula is C11H17ClN4S. The normalized spacial score (nSPS) is 17.0. The Morgan fingerprint density at radius 3 is 2.94 bits per heavy atom. The van der Waals surface area contributed by atoms with E-state index in [1.165, 1.54) is 24.6 Å². The van der Waals surface area contributed by atoms with Crippen LogP contribution in [0.15, 0.2) is 12.1 Å². The Labute approximate surface area is 111 Å². The average Bonchev–Trinajstić information content (AvgIpc) is 2.35. The third-order valence-corrected chi connectivity index (χ3v) is 3.87. The Morgan fingerprint density at radius 2 is 2.18 bits per heavy atom. The van der Waals surface area contributed by atoms with Gasteiger partial charge in [-0.2, -0.15) is 11.8 Å². The van der Waals surface area contributed by atoms with Crippen molar-refractivity contribution in [3.8, 4) is 0 Å². The first-order valence-electron chi connectivity index (χ1n) is 5.72. The zero-order chi connectivity index (χ0) is 12.1. The predicted octanol–water partition coefficient (Wildman–Crippen LogP) is 1.78. The fraction of sp³-hybridized carbons (Fsp3) is 0.545. The van der Waals surface area contributed by atoms with Crippen LogP contribution in [0.25, 0.3) is 0 Å². The number of aromatic nitrogens is 1. The third kappa shape index (κ3) is 3.94. The van der Waals surface area contributed by atoms with E-state index in [0.29, 0.717) is 16.7 Å². The summed E-state index contributed by atoms with van der Waals surface area (Å²) in [5, 5.41) is 3.70. The van der Waals surface area contributed by atoms with Crippen molar-refractivity contribution in [1.82, 2.24) is 9.88 Å².